The second kappa shape index (κ2) is 5.59. The maximum absolute atomic E-state index is 12.3. The van der Waals surface area contributed by atoms with Crippen LogP contribution in [0.3, 0.4) is 0 Å². The third-order valence-corrected chi connectivity index (χ3v) is 4.10. The summed E-state index contributed by atoms with van der Waals surface area (Å²) in [4.78, 5) is 27.1. The van der Waals surface area contributed by atoms with Crippen molar-refractivity contribution in [3.05, 3.63) is 0 Å². The number of amides is 2. The van der Waals surface area contributed by atoms with Gasteiger partial charge < -0.3 is 14.9 Å². The first-order valence-corrected chi connectivity index (χ1v) is 6.88. The van der Waals surface area contributed by atoms with Gasteiger partial charge in [-0.15, -0.1) is 0 Å². The molecule has 2 unspecified atom stereocenters. The van der Waals surface area contributed by atoms with Crippen molar-refractivity contribution in [2.45, 2.75) is 45.1 Å². The minimum Gasteiger partial charge on any atom is -0.481 e. The lowest BCUT2D eigenvalue weighted by atomic mass is 9.92. The summed E-state index contributed by atoms with van der Waals surface area (Å²) in [5.74, 6) is -1.02. The van der Waals surface area contributed by atoms with Crippen LogP contribution < -0.4 is 0 Å². The molecule has 0 bridgehead atoms. The lowest BCUT2D eigenvalue weighted by Gasteiger charge is -2.40. The molecule has 0 aliphatic carbocycles. The van der Waals surface area contributed by atoms with Crippen molar-refractivity contribution in [1.29, 1.82) is 0 Å². The number of hydrogen-bond donors (Lipinski definition) is 1. The van der Waals surface area contributed by atoms with Crippen LogP contribution in [0.4, 0.5) is 4.79 Å². The third-order valence-electron chi connectivity index (χ3n) is 4.10. The summed E-state index contributed by atoms with van der Waals surface area (Å²) in [5.41, 5.74) is 0. The van der Waals surface area contributed by atoms with Crippen molar-refractivity contribution in [3.8, 4) is 0 Å². The quantitative estimate of drug-likeness (QED) is 0.776. The summed E-state index contributed by atoms with van der Waals surface area (Å²) < 4.78 is 0. The second-order valence-electron chi connectivity index (χ2n) is 5.43. The van der Waals surface area contributed by atoms with Gasteiger partial charge in [-0.25, -0.2) is 4.79 Å². The van der Waals surface area contributed by atoms with Gasteiger partial charge in [-0.1, -0.05) is 0 Å². The highest BCUT2D eigenvalue weighted by molar-refractivity contribution is 5.76. The molecule has 2 aliphatic rings. The smallest absolute Gasteiger partial charge is 0.320 e. The predicted octanol–water partition coefficient (Wildman–Crippen LogP) is 1.78. The Morgan fingerprint density at radius 3 is 2.33 bits per heavy atom. The molecule has 1 N–H and O–H groups in total. The Kier molecular flexibility index (Phi) is 4.09. The van der Waals surface area contributed by atoms with Crippen LogP contribution in [0, 0.1) is 5.92 Å². The van der Waals surface area contributed by atoms with Crippen molar-refractivity contribution >= 4 is 12.0 Å². The highest BCUT2D eigenvalue weighted by Gasteiger charge is 2.34. The first-order valence-electron chi connectivity index (χ1n) is 6.88. The molecule has 2 atom stereocenters. The molecule has 0 spiro atoms. The number of carboxylic acid groups (broad SMARTS) is 1. The minimum absolute atomic E-state index is 0.0364. The number of nitrogens with zero attached hydrogens (tertiary/aromatic N) is 2. The standard InChI is InChI=1S/C13H22N2O3/c1-10-9-11(12(16)17)5-8-15(10)13(18)14-6-3-2-4-7-14/h10-11H,2-9H2,1H3,(H,16,17). The zero-order valence-electron chi connectivity index (χ0n) is 11.0. The van der Waals surface area contributed by atoms with E-state index in [0.29, 0.717) is 19.4 Å². The molecule has 2 fully saturated rings. The van der Waals surface area contributed by atoms with E-state index in [0.717, 1.165) is 25.9 Å². The molecule has 2 aliphatic heterocycles. The van der Waals surface area contributed by atoms with Gasteiger partial charge in [0.2, 0.25) is 0 Å². The fourth-order valence-electron chi connectivity index (χ4n) is 2.95. The molecular weight excluding hydrogens is 232 g/mol. The summed E-state index contributed by atoms with van der Waals surface area (Å²) in [5, 5.41) is 9.02. The molecule has 2 saturated heterocycles. The van der Waals surface area contributed by atoms with Gasteiger partial charge in [0, 0.05) is 25.7 Å². The fraction of sp³-hybridized carbons (Fsp3) is 0.846. The summed E-state index contributed by atoms with van der Waals surface area (Å²) in [6.07, 6.45) is 4.55. The lowest BCUT2D eigenvalue weighted by Crippen LogP contribution is -2.52. The molecule has 5 nitrogen and oxygen atoms in total. The van der Waals surface area contributed by atoms with Gasteiger partial charge in [-0.05, 0) is 39.0 Å². The molecule has 2 amide bonds. The van der Waals surface area contributed by atoms with Gasteiger partial charge >= 0.3 is 12.0 Å². The van der Waals surface area contributed by atoms with E-state index in [1.54, 1.807) is 0 Å². The monoisotopic (exact) mass is 254 g/mol. The number of carboxylic acids is 1. The number of piperidine rings is 2. The van der Waals surface area contributed by atoms with E-state index >= 15 is 0 Å². The van der Waals surface area contributed by atoms with Crippen LogP contribution in [0.1, 0.15) is 39.0 Å². The SMILES string of the molecule is CC1CC(C(=O)O)CCN1C(=O)N1CCCCC1. The van der Waals surface area contributed by atoms with E-state index < -0.39 is 5.97 Å². The van der Waals surface area contributed by atoms with Gasteiger partial charge in [0.15, 0.2) is 0 Å². The van der Waals surface area contributed by atoms with Gasteiger partial charge in [-0.3, -0.25) is 4.79 Å². The molecule has 0 aromatic heterocycles. The van der Waals surface area contributed by atoms with Crippen LogP contribution in [0.25, 0.3) is 0 Å². The zero-order valence-corrected chi connectivity index (χ0v) is 11.0. The normalized spacial score (nSPS) is 29.2. The molecule has 102 valence electrons. The Hall–Kier alpha value is -1.26. The van der Waals surface area contributed by atoms with E-state index in [2.05, 4.69) is 0 Å². The topological polar surface area (TPSA) is 60.9 Å². The number of carbonyl (C=O) groups is 2. The van der Waals surface area contributed by atoms with Gasteiger partial charge in [0.25, 0.3) is 0 Å². The molecular formula is C13H22N2O3. The van der Waals surface area contributed by atoms with E-state index in [9.17, 15) is 9.59 Å². The third kappa shape index (κ3) is 2.76. The number of rotatable bonds is 1. The van der Waals surface area contributed by atoms with Crippen molar-refractivity contribution < 1.29 is 14.7 Å². The zero-order chi connectivity index (χ0) is 13.1. The second-order valence-corrected chi connectivity index (χ2v) is 5.43. The first kappa shape index (κ1) is 13.2. The minimum atomic E-state index is -0.730. The maximum Gasteiger partial charge on any atom is 0.320 e. The van der Waals surface area contributed by atoms with Crippen LogP contribution in [-0.2, 0) is 4.79 Å². The van der Waals surface area contributed by atoms with Crippen molar-refractivity contribution in [1.82, 2.24) is 9.80 Å². The van der Waals surface area contributed by atoms with Crippen molar-refractivity contribution in [3.63, 3.8) is 0 Å². The first-order chi connectivity index (χ1) is 8.59. The van der Waals surface area contributed by atoms with Crippen molar-refractivity contribution in [2.75, 3.05) is 19.6 Å². The van der Waals surface area contributed by atoms with Crippen LogP contribution in [0.5, 0.6) is 0 Å². The molecule has 2 rings (SSSR count). The molecule has 5 heteroatoms. The average Bonchev–Trinajstić information content (AvgIpc) is 2.38. The number of aliphatic carboxylic acids is 1. The number of carbonyl (C=O) groups excluding carboxylic acids is 1. The average molecular weight is 254 g/mol. The van der Waals surface area contributed by atoms with Crippen LogP contribution in [-0.4, -0.2) is 52.6 Å². The molecule has 0 radical (unpaired) electrons. The summed E-state index contributed by atoms with van der Waals surface area (Å²) in [6, 6.07) is 0.139. The highest BCUT2D eigenvalue weighted by atomic mass is 16.4. The summed E-state index contributed by atoms with van der Waals surface area (Å²) >= 11 is 0. The summed E-state index contributed by atoms with van der Waals surface area (Å²) in [7, 11) is 0. The molecule has 0 saturated carbocycles. The number of urea groups is 1. The van der Waals surface area contributed by atoms with Gasteiger partial charge in [-0.2, -0.15) is 0 Å². The van der Waals surface area contributed by atoms with Crippen LogP contribution >= 0.6 is 0 Å². The van der Waals surface area contributed by atoms with Crippen LogP contribution in [0.2, 0.25) is 0 Å². The molecule has 0 aromatic rings. The van der Waals surface area contributed by atoms with E-state index in [1.165, 1.54) is 6.42 Å². The van der Waals surface area contributed by atoms with E-state index in [-0.39, 0.29) is 18.0 Å². The predicted molar refractivity (Wildman–Crippen MR) is 67.3 cm³/mol. The van der Waals surface area contributed by atoms with Crippen LogP contribution in [0.15, 0.2) is 0 Å². The Balaban J connectivity index is 1.93. The molecule has 18 heavy (non-hydrogen) atoms. The fourth-order valence-corrected chi connectivity index (χ4v) is 2.95. The highest BCUT2D eigenvalue weighted by Crippen LogP contribution is 2.24. The van der Waals surface area contributed by atoms with E-state index in [4.69, 9.17) is 5.11 Å². The molecule has 2 heterocycles. The van der Waals surface area contributed by atoms with Gasteiger partial charge in [0.1, 0.15) is 0 Å². The Bertz CT molecular complexity index is 326. The summed E-state index contributed by atoms with van der Waals surface area (Å²) in [6.45, 7) is 4.24. The Morgan fingerprint density at radius 2 is 1.78 bits per heavy atom. The Labute approximate surface area is 108 Å². The Morgan fingerprint density at radius 1 is 1.11 bits per heavy atom. The van der Waals surface area contributed by atoms with Crippen molar-refractivity contribution in [2.24, 2.45) is 5.92 Å². The number of likely N-dealkylation sites (tertiary alicyclic amines) is 2. The van der Waals surface area contributed by atoms with Gasteiger partial charge in [0.05, 0.1) is 5.92 Å². The maximum atomic E-state index is 12.3. The number of hydrogen-bond acceptors (Lipinski definition) is 2. The largest absolute Gasteiger partial charge is 0.481 e. The lowest BCUT2D eigenvalue weighted by molar-refractivity contribution is -0.143. The molecule has 0 aromatic carbocycles. The van der Waals surface area contributed by atoms with E-state index in [1.807, 2.05) is 16.7 Å².